The van der Waals surface area contributed by atoms with Gasteiger partial charge in [0.15, 0.2) is 5.82 Å². The molecule has 1 amide bonds. The lowest BCUT2D eigenvalue weighted by Gasteiger charge is -2.08. The Morgan fingerprint density at radius 1 is 1.23 bits per heavy atom. The summed E-state index contributed by atoms with van der Waals surface area (Å²) < 4.78 is 0. The molecule has 1 aliphatic heterocycles. The van der Waals surface area contributed by atoms with E-state index in [0.717, 1.165) is 25.0 Å². The molecule has 26 heavy (non-hydrogen) atoms. The van der Waals surface area contributed by atoms with Gasteiger partial charge in [-0.2, -0.15) is 10.1 Å². The summed E-state index contributed by atoms with van der Waals surface area (Å²) in [5.74, 6) is -1.31. The van der Waals surface area contributed by atoms with Gasteiger partial charge < -0.3 is 5.11 Å². The Labute approximate surface area is 154 Å². The number of ketones is 1. The van der Waals surface area contributed by atoms with Gasteiger partial charge in [0.05, 0.1) is 6.42 Å². The highest BCUT2D eigenvalue weighted by Crippen LogP contribution is 2.18. The first-order chi connectivity index (χ1) is 12.4. The highest BCUT2D eigenvalue weighted by atomic mass is 16.4. The molecule has 0 saturated heterocycles. The molecule has 1 N–H and O–H groups in total. The topological polar surface area (TPSA) is 99.9 Å². The molecule has 1 aromatic heterocycles. The maximum Gasteiger partial charge on any atom is 0.314 e. The SMILES string of the molecule is CCCC(=O)C(CC)C(=O)O.CCCC1=NN(c2ccccn2)C(=O)C1. The molecule has 7 nitrogen and oxygen atoms in total. The van der Waals surface area contributed by atoms with Crippen LogP contribution in [0.5, 0.6) is 0 Å². The quantitative estimate of drug-likeness (QED) is 0.715. The molecule has 2 heterocycles. The molecule has 0 saturated carbocycles. The zero-order valence-corrected chi connectivity index (χ0v) is 15.6. The van der Waals surface area contributed by atoms with E-state index in [1.54, 1.807) is 19.2 Å². The smallest absolute Gasteiger partial charge is 0.314 e. The fraction of sp³-hybridized carbons (Fsp3) is 0.526. The maximum absolute atomic E-state index is 11.6. The number of hydrogen-bond donors (Lipinski definition) is 1. The lowest BCUT2D eigenvalue weighted by Crippen LogP contribution is -2.22. The molecule has 1 atom stereocenters. The highest BCUT2D eigenvalue weighted by Gasteiger charge is 2.25. The average molecular weight is 361 g/mol. The minimum Gasteiger partial charge on any atom is -0.481 e. The van der Waals surface area contributed by atoms with E-state index in [-0.39, 0.29) is 11.7 Å². The number of carbonyl (C=O) groups excluding carboxylic acids is 2. The summed E-state index contributed by atoms with van der Waals surface area (Å²) in [4.78, 5) is 37.2. The predicted octanol–water partition coefficient (Wildman–Crippen LogP) is 3.44. The zero-order chi connectivity index (χ0) is 19.5. The number of carbonyl (C=O) groups is 3. The zero-order valence-electron chi connectivity index (χ0n) is 15.6. The van der Waals surface area contributed by atoms with Gasteiger partial charge in [-0.15, -0.1) is 0 Å². The van der Waals surface area contributed by atoms with Crippen molar-refractivity contribution in [2.45, 2.75) is 59.3 Å². The fourth-order valence-electron chi connectivity index (χ4n) is 2.53. The average Bonchev–Trinajstić information content (AvgIpc) is 2.97. The predicted molar refractivity (Wildman–Crippen MR) is 100 cm³/mol. The number of anilines is 1. The molecule has 0 fully saturated rings. The van der Waals surface area contributed by atoms with Crippen molar-refractivity contribution < 1.29 is 19.5 Å². The molecule has 0 aliphatic carbocycles. The van der Waals surface area contributed by atoms with Gasteiger partial charge in [0.1, 0.15) is 11.7 Å². The van der Waals surface area contributed by atoms with Gasteiger partial charge in [-0.25, -0.2) is 4.98 Å². The number of amides is 1. The Morgan fingerprint density at radius 3 is 2.46 bits per heavy atom. The minimum atomic E-state index is -0.994. The Balaban J connectivity index is 0.000000276. The summed E-state index contributed by atoms with van der Waals surface area (Å²) in [7, 11) is 0. The van der Waals surface area contributed by atoms with Gasteiger partial charge in [-0.3, -0.25) is 14.4 Å². The van der Waals surface area contributed by atoms with Crippen LogP contribution in [0.1, 0.15) is 59.3 Å². The summed E-state index contributed by atoms with van der Waals surface area (Å²) in [6.45, 7) is 5.66. The number of carboxylic acids is 1. The number of nitrogens with zero attached hydrogens (tertiary/aromatic N) is 3. The van der Waals surface area contributed by atoms with Gasteiger partial charge in [-0.05, 0) is 31.4 Å². The van der Waals surface area contributed by atoms with E-state index in [9.17, 15) is 14.4 Å². The first kappa shape index (κ1) is 21.5. The Bertz CT molecular complexity index is 643. The molecule has 142 valence electrons. The number of rotatable bonds is 8. The van der Waals surface area contributed by atoms with Crippen LogP contribution < -0.4 is 5.01 Å². The summed E-state index contributed by atoms with van der Waals surface area (Å²) in [6, 6.07) is 5.46. The number of hydrogen-bond acceptors (Lipinski definition) is 5. The van der Waals surface area contributed by atoms with Crippen LogP contribution >= 0.6 is 0 Å². The third-order valence-electron chi connectivity index (χ3n) is 3.83. The van der Waals surface area contributed by atoms with Gasteiger partial charge in [-0.1, -0.05) is 33.3 Å². The van der Waals surface area contributed by atoms with Crippen molar-refractivity contribution in [3.8, 4) is 0 Å². The molecule has 0 bridgehead atoms. The summed E-state index contributed by atoms with van der Waals surface area (Å²) in [6.07, 6.45) is 5.50. The third-order valence-corrected chi connectivity index (χ3v) is 3.83. The second kappa shape index (κ2) is 11.1. The molecule has 1 aromatic rings. The molecule has 0 radical (unpaired) electrons. The number of pyridine rings is 1. The molecule has 0 aromatic carbocycles. The van der Waals surface area contributed by atoms with Crippen LogP contribution in [0.15, 0.2) is 29.5 Å². The normalized spacial score (nSPS) is 14.3. The van der Waals surface area contributed by atoms with Crippen LogP contribution in [0, 0.1) is 5.92 Å². The second-order valence-electron chi connectivity index (χ2n) is 6.00. The first-order valence-electron chi connectivity index (χ1n) is 9.00. The molecule has 2 rings (SSSR count). The molecular formula is C19H27N3O4. The Hall–Kier alpha value is -2.57. The minimum absolute atomic E-state index is 0.0113. The standard InChI is InChI=1S/C11H13N3O.C8H14O3/c1-2-5-9-8-11(15)14(13-9)10-6-3-4-7-12-10;1-3-5-7(9)6(4-2)8(10)11/h3-4,6-7H,2,5,8H2,1H3;6H,3-5H2,1-2H3,(H,10,11). The lowest BCUT2D eigenvalue weighted by molar-refractivity contribution is -0.146. The van der Waals surface area contributed by atoms with Crippen molar-refractivity contribution in [2.24, 2.45) is 11.0 Å². The van der Waals surface area contributed by atoms with E-state index in [4.69, 9.17) is 5.11 Å². The highest BCUT2D eigenvalue weighted by molar-refractivity contribution is 6.12. The number of carboxylic acid groups (broad SMARTS) is 1. The van der Waals surface area contributed by atoms with Crippen LogP contribution in [0.2, 0.25) is 0 Å². The van der Waals surface area contributed by atoms with Crippen LogP contribution in [0.3, 0.4) is 0 Å². The number of aliphatic carboxylic acids is 1. The first-order valence-corrected chi connectivity index (χ1v) is 9.00. The van der Waals surface area contributed by atoms with E-state index < -0.39 is 11.9 Å². The van der Waals surface area contributed by atoms with E-state index >= 15 is 0 Å². The molecule has 1 unspecified atom stereocenters. The molecular weight excluding hydrogens is 334 g/mol. The van der Waals surface area contributed by atoms with Crippen LogP contribution in [-0.2, 0) is 14.4 Å². The second-order valence-corrected chi connectivity index (χ2v) is 6.00. The van der Waals surface area contributed by atoms with Gasteiger partial charge >= 0.3 is 5.97 Å². The Kier molecular flexibility index (Phi) is 9.19. The van der Waals surface area contributed by atoms with E-state index in [1.165, 1.54) is 5.01 Å². The largest absolute Gasteiger partial charge is 0.481 e. The number of hydrazone groups is 1. The van der Waals surface area contributed by atoms with Crippen LogP contribution in [-0.4, -0.2) is 33.5 Å². The molecule has 0 spiro atoms. The van der Waals surface area contributed by atoms with Crippen molar-refractivity contribution >= 4 is 29.2 Å². The van der Waals surface area contributed by atoms with E-state index in [0.29, 0.717) is 25.1 Å². The molecule has 1 aliphatic rings. The van der Waals surface area contributed by atoms with Crippen molar-refractivity contribution in [3.63, 3.8) is 0 Å². The van der Waals surface area contributed by atoms with Gasteiger partial charge in [0, 0.05) is 18.3 Å². The maximum atomic E-state index is 11.6. The van der Waals surface area contributed by atoms with Crippen LogP contribution in [0.25, 0.3) is 0 Å². The monoisotopic (exact) mass is 361 g/mol. The fourth-order valence-corrected chi connectivity index (χ4v) is 2.53. The van der Waals surface area contributed by atoms with Crippen molar-refractivity contribution in [1.82, 2.24) is 4.98 Å². The number of aromatic nitrogens is 1. The lowest BCUT2D eigenvalue weighted by atomic mass is 9.98. The van der Waals surface area contributed by atoms with E-state index in [2.05, 4.69) is 17.0 Å². The Morgan fingerprint density at radius 2 is 1.96 bits per heavy atom. The van der Waals surface area contributed by atoms with E-state index in [1.807, 2.05) is 19.1 Å². The van der Waals surface area contributed by atoms with Gasteiger partial charge in [0.25, 0.3) is 5.91 Å². The summed E-state index contributed by atoms with van der Waals surface area (Å²) in [5, 5.41) is 14.2. The van der Waals surface area contributed by atoms with Crippen molar-refractivity contribution in [2.75, 3.05) is 5.01 Å². The van der Waals surface area contributed by atoms with Gasteiger partial charge in [0.2, 0.25) is 0 Å². The molecule has 7 heteroatoms. The summed E-state index contributed by atoms with van der Waals surface area (Å²) >= 11 is 0. The summed E-state index contributed by atoms with van der Waals surface area (Å²) in [5.41, 5.74) is 0.952. The number of Topliss-reactive ketones (excluding diaryl/α,β-unsaturated/α-hetero) is 1. The van der Waals surface area contributed by atoms with Crippen LogP contribution in [0.4, 0.5) is 5.82 Å². The van der Waals surface area contributed by atoms with Crippen molar-refractivity contribution in [1.29, 1.82) is 0 Å². The third kappa shape index (κ3) is 6.38. The van der Waals surface area contributed by atoms with Crippen molar-refractivity contribution in [3.05, 3.63) is 24.4 Å².